The molecule has 16 heavy (non-hydrogen) atoms. The van der Waals surface area contributed by atoms with E-state index < -0.39 is 11.6 Å². The summed E-state index contributed by atoms with van der Waals surface area (Å²) in [6.07, 6.45) is 0. The first kappa shape index (κ1) is 13.1. The molecule has 0 saturated heterocycles. The summed E-state index contributed by atoms with van der Waals surface area (Å²) < 4.78 is 26.7. The van der Waals surface area contributed by atoms with Crippen LogP contribution >= 0.6 is 0 Å². The van der Waals surface area contributed by atoms with E-state index in [1.807, 2.05) is 13.8 Å². The van der Waals surface area contributed by atoms with Gasteiger partial charge in [0.15, 0.2) is 0 Å². The maximum atomic E-state index is 13.5. The van der Waals surface area contributed by atoms with Gasteiger partial charge in [0.2, 0.25) is 0 Å². The molecule has 0 fully saturated rings. The summed E-state index contributed by atoms with van der Waals surface area (Å²) in [5, 5.41) is 0. The third-order valence-corrected chi connectivity index (χ3v) is 2.72. The second kappa shape index (κ2) is 5.92. The highest BCUT2D eigenvalue weighted by Crippen LogP contribution is 2.16. The number of hydrogen-bond donors (Lipinski definition) is 1. The summed E-state index contributed by atoms with van der Waals surface area (Å²) in [5.41, 5.74) is 6.26. The topological polar surface area (TPSA) is 29.3 Å². The highest BCUT2D eigenvalue weighted by atomic mass is 19.1. The number of nitrogens with two attached hydrogens (primary N) is 1. The molecule has 2 nitrogen and oxygen atoms in total. The molecule has 1 aromatic rings. The van der Waals surface area contributed by atoms with E-state index in [0.29, 0.717) is 17.7 Å². The van der Waals surface area contributed by atoms with Gasteiger partial charge in [-0.2, -0.15) is 0 Å². The minimum absolute atomic E-state index is 0.0946. The first-order chi connectivity index (χ1) is 7.62. The van der Waals surface area contributed by atoms with E-state index in [1.165, 1.54) is 6.07 Å². The van der Waals surface area contributed by atoms with Crippen LogP contribution in [0.3, 0.4) is 0 Å². The predicted molar refractivity (Wildman–Crippen MR) is 60.9 cm³/mol. The van der Waals surface area contributed by atoms with Crippen molar-refractivity contribution in [1.82, 2.24) is 4.90 Å². The van der Waals surface area contributed by atoms with E-state index in [1.54, 1.807) is 0 Å². The van der Waals surface area contributed by atoms with Gasteiger partial charge >= 0.3 is 0 Å². The molecule has 1 aromatic carbocycles. The van der Waals surface area contributed by atoms with Gasteiger partial charge in [-0.15, -0.1) is 0 Å². The van der Waals surface area contributed by atoms with Gasteiger partial charge in [0.25, 0.3) is 0 Å². The fourth-order valence-corrected chi connectivity index (χ4v) is 1.61. The van der Waals surface area contributed by atoms with E-state index in [2.05, 4.69) is 4.90 Å². The lowest BCUT2D eigenvalue weighted by molar-refractivity contribution is 0.291. The van der Waals surface area contributed by atoms with Gasteiger partial charge in [0.1, 0.15) is 11.6 Å². The van der Waals surface area contributed by atoms with Gasteiger partial charge in [0.05, 0.1) is 0 Å². The second-order valence-corrected chi connectivity index (χ2v) is 3.70. The van der Waals surface area contributed by atoms with Crippen molar-refractivity contribution < 1.29 is 8.78 Å². The zero-order valence-corrected chi connectivity index (χ0v) is 9.76. The van der Waals surface area contributed by atoms with Gasteiger partial charge < -0.3 is 5.73 Å². The van der Waals surface area contributed by atoms with Crippen LogP contribution in [-0.4, -0.2) is 18.0 Å². The second-order valence-electron chi connectivity index (χ2n) is 3.70. The van der Waals surface area contributed by atoms with E-state index in [9.17, 15) is 8.78 Å². The van der Waals surface area contributed by atoms with Gasteiger partial charge in [-0.3, -0.25) is 4.90 Å². The smallest absolute Gasteiger partial charge is 0.130 e. The fourth-order valence-electron chi connectivity index (χ4n) is 1.61. The molecule has 1 rings (SSSR count). The Morgan fingerprint density at radius 3 is 2.12 bits per heavy atom. The van der Waals surface area contributed by atoms with Crippen LogP contribution in [0.4, 0.5) is 8.78 Å². The van der Waals surface area contributed by atoms with E-state index >= 15 is 0 Å². The van der Waals surface area contributed by atoms with Crippen LogP contribution in [-0.2, 0) is 13.1 Å². The van der Waals surface area contributed by atoms with Gasteiger partial charge in [0, 0.05) is 30.3 Å². The first-order valence-corrected chi connectivity index (χ1v) is 5.51. The van der Waals surface area contributed by atoms with Crippen molar-refractivity contribution in [2.45, 2.75) is 26.9 Å². The standard InChI is InChI=1S/C12H18F2N2/c1-3-16(4-2)8-10-5-9(7-15)11(13)6-12(10)14/h5-6H,3-4,7-8,15H2,1-2H3. The SMILES string of the molecule is CCN(CC)Cc1cc(CN)c(F)cc1F. The molecule has 0 unspecified atom stereocenters. The maximum Gasteiger partial charge on any atom is 0.130 e. The van der Waals surface area contributed by atoms with Crippen LogP contribution in [0.15, 0.2) is 12.1 Å². The lowest BCUT2D eigenvalue weighted by atomic mass is 10.1. The molecular weight excluding hydrogens is 210 g/mol. The largest absolute Gasteiger partial charge is 0.326 e. The number of benzene rings is 1. The number of halogens is 2. The Hall–Kier alpha value is -1.00. The van der Waals surface area contributed by atoms with E-state index in [0.717, 1.165) is 19.2 Å². The molecule has 0 aliphatic rings. The molecule has 0 saturated carbocycles. The van der Waals surface area contributed by atoms with Crippen LogP contribution < -0.4 is 5.73 Å². The third kappa shape index (κ3) is 3.00. The van der Waals surface area contributed by atoms with Crippen LogP contribution in [0.2, 0.25) is 0 Å². The molecule has 0 bridgehead atoms. The maximum absolute atomic E-state index is 13.5. The van der Waals surface area contributed by atoms with Crippen molar-refractivity contribution in [1.29, 1.82) is 0 Å². The van der Waals surface area contributed by atoms with Gasteiger partial charge in [-0.25, -0.2) is 8.78 Å². The average Bonchev–Trinajstić information content (AvgIpc) is 2.28. The fraction of sp³-hybridized carbons (Fsp3) is 0.500. The Morgan fingerprint density at radius 2 is 1.62 bits per heavy atom. The Labute approximate surface area is 95.1 Å². The van der Waals surface area contributed by atoms with Crippen molar-refractivity contribution in [3.8, 4) is 0 Å². The summed E-state index contributed by atoms with van der Waals surface area (Å²) in [5.74, 6) is -1.06. The van der Waals surface area contributed by atoms with Crippen molar-refractivity contribution in [2.24, 2.45) is 5.73 Å². The van der Waals surface area contributed by atoms with Crippen LogP contribution in [0.1, 0.15) is 25.0 Å². The summed E-state index contributed by atoms with van der Waals surface area (Å²) >= 11 is 0. The Balaban J connectivity index is 2.95. The predicted octanol–water partition coefficient (Wildman–Crippen LogP) is 2.27. The molecule has 2 N–H and O–H groups in total. The monoisotopic (exact) mass is 228 g/mol. The Bertz CT molecular complexity index is 349. The molecule has 0 heterocycles. The van der Waals surface area contributed by atoms with Crippen molar-refractivity contribution in [2.75, 3.05) is 13.1 Å². The Morgan fingerprint density at radius 1 is 1.06 bits per heavy atom. The average molecular weight is 228 g/mol. The van der Waals surface area contributed by atoms with Crippen LogP contribution in [0, 0.1) is 11.6 Å². The minimum atomic E-state index is -0.566. The summed E-state index contributed by atoms with van der Waals surface area (Å²) in [6, 6.07) is 2.43. The van der Waals surface area contributed by atoms with E-state index in [4.69, 9.17) is 5.73 Å². The highest BCUT2D eigenvalue weighted by Gasteiger charge is 2.11. The lowest BCUT2D eigenvalue weighted by Crippen LogP contribution is -2.23. The van der Waals surface area contributed by atoms with Crippen molar-refractivity contribution in [3.05, 3.63) is 34.9 Å². The third-order valence-electron chi connectivity index (χ3n) is 2.72. The zero-order chi connectivity index (χ0) is 12.1. The van der Waals surface area contributed by atoms with Crippen molar-refractivity contribution in [3.63, 3.8) is 0 Å². The Kier molecular flexibility index (Phi) is 4.83. The molecule has 0 atom stereocenters. The highest BCUT2D eigenvalue weighted by molar-refractivity contribution is 5.26. The van der Waals surface area contributed by atoms with E-state index in [-0.39, 0.29) is 6.54 Å². The van der Waals surface area contributed by atoms with Crippen LogP contribution in [0.25, 0.3) is 0 Å². The molecule has 0 radical (unpaired) electrons. The number of rotatable bonds is 5. The molecule has 0 aliphatic heterocycles. The zero-order valence-electron chi connectivity index (χ0n) is 9.76. The normalized spacial score (nSPS) is 11.1. The molecular formula is C12H18F2N2. The molecule has 0 aliphatic carbocycles. The minimum Gasteiger partial charge on any atom is -0.326 e. The summed E-state index contributed by atoms with van der Waals surface area (Å²) in [7, 11) is 0. The molecule has 0 aromatic heterocycles. The molecule has 0 amide bonds. The summed E-state index contributed by atoms with van der Waals surface area (Å²) in [4.78, 5) is 2.07. The van der Waals surface area contributed by atoms with Gasteiger partial charge in [-0.1, -0.05) is 13.8 Å². The van der Waals surface area contributed by atoms with Gasteiger partial charge in [-0.05, 0) is 19.2 Å². The molecule has 4 heteroatoms. The lowest BCUT2D eigenvalue weighted by Gasteiger charge is -2.19. The van der Waals surface area contributed by atoms with Crippen LogP contribution in [0.5, 0.6) is 0 Å². The molecule has 0 spiro atoms. The number of hydrogen-bond acceptors (Lipinski definition) is 2. The first-order valence-electron chi connectivity index (χ1n) is 5.51. The summed E-state index contributed by atoms with van der Waals surface area (Å²) in [6.45, 7) is 6.28. The number of nitrogens with zero attached hydrogens (tertiary/aromatic N) is 1. The quantitative estimate of drug-likeness (QED) is 0.837. The van der Waals surface area contributed by atoms with Crippen molar-refractivity contribution >= 4 is 0 Å². The molecule has 90 valence electrons.